The first kappa shape index (κ1) is 17.2. The van der Waals surface area contributed by atoms with E-state index in [1.165, 1.54) is 0 Å². The minimum atomic E-state index is -0.830. The smallest absolute Gasteiger partial charge is 0.240 e. The molecule has 0 aromatic heterocycles. The Morgan fingerprint density at radius 1 is 1.33 bits per heavy atom. The van der Waals surface area contributed by atoms with E-state index in [9.17, 15) is 4.79 Å². The maximum Gasteiger partial charge on any atom is 0.240 e. The van der Waals surface area contributed by atoms with Crippen molar-refractivity contribution in [2.75, 3.05) is 26.4 Å². The molecular weight excluding hydrogens is 308 g/mol. The minimum absolute atomic E-state index is 0.0811. The monoisotopic (exact) mass is 334 g/mol. The third kappa shape index (κ3) is 4.06. The van der Waals surface area contributed by atoms with Gasteiger partial charge in [-0.25, -0.2) is 0 Å². The van der Waals surface area contributed by atoms with Gasteiger partial charge < -0.3 is 25.3 Å². The highest BCUT2D eigenvalue weighted by Gasteiger charge is 2.35. The molecular formula is C18H26N2O4. The molecule has 2 aliphatic heterocycles. The van der Waals surface area contributed by atoms with Gasteiger partial charge in [-0.1, -0.05) is 12.1 Å². The van der Waals surface area contributed by atoms with E-state index in [-0.39, 0.29) is 12.0 Å². The van der Waals surface area contributed by atoms with E-state index in [1.54, 1.807) is 0 Å². The molecule has 6 heteroatoms. The quantitative estimate of drug-likeness (QED) is 0.848. The summed E-state index contributed by atoms with van der Waals surface area (Å²) in [6.07, 6.45) is 2.08. The van der Waals surface area contributed by atoms with Crippen molar-refractivity contribution >= 4 is 5.91 Å². The molecule has 1 aromatic rings. The van der Waals surface area contributed by atoms with Gasteiger partial charge in [0.05, 0.1) is 18.8 Å². The molecule has 1 unspecified atom stereocenters. The van der Waals surface area contributed by atoms with Crippen LogP contribution in [-0.2, 0) is 20.8 Å². The Kier molecular flexibility index (Phi) is 5.38. The summed E-state index contributed by atoms with van der Waals surface area (Å²) in [5.41, 5.74) is 7.47. The van der Waals surface area contributed by atoms with E-state index in [0.717, 1.165) is 29.9 Å². The number of carbonyl (C=O) groups is 1. The number of aryl methyl sites for hydroxylation is 1. The average molecular weight is 334 g/mol. The standard InChI is InChI=1S/C18H26N2O4/c1-13-2-3-14(16(10-13)24-15-4-7-23-12-15)11-20-17(21)18(19)5-8-22-9-6-18/h2-3,10,15H,4-9,11-12,19H2,1H3,(H,20,21). The average Bonchev–Trinajstić information content (AvgIpc) is 3.07. The number of nitrogens with one attached hydrogen (secondary N) is 1. The van der Waals surface area contributed by atoms with Gasteiger partial charge in [0.15, 0.2) is 0 Å². The van der Waals surface area contributed by atoms with Crippen molar-refractivity contribution in [2.45, 2.75) is 44.4 Å². The van der Waals surface area contributed by atoms with Gasteiger partial charge in [0.2, 0.25) is 5.91 Å². The first-order valence-corrected chi connectivity index (χ1v) is 8.56. The molecule has 1 amide bonds. The summed E-state index contributed by atoms with van der Waals surface area (Å²) >= 11 is 0. The van der Waals surface area contributed by atoms with Crippen LogP contribution in [0, 0.1) is 6.92 Å². The van der Waals surface area contributed by atoms with Gasteiger partial charge in [-0.2, -0.15) is 0 Å². The van der Waals surface area contributed by atoms with E-state index >= 15 is 0 Å². The normalized spacial score (nSPS) is 23.0. The molecule has 0 aliphatic carbocycles. The Balaban J connectivity index is 1.64. The molecule has 2 fully saturated rings. The zero-order valence-electron chi connectivity index (χ0n) is 14.2. The van der Waals surface area contributed by atoms with Gasteiger partial charge in [-0.15, -0.1) is 0 Å². The Morgan fingerprint density at radius 2 is 2.12 bits per heavy atom. The first-order valence-electron chi connectivity index (χ1n) is 8.56. The van der Waals surface area contributed by atoms with Crippen LogP contribution < -0.4 is 15.8 Å². The summed E-state index contributed by atoms with van der Waals surface area (Å²) in [4.78, 5) is 12.5. The summed E-state index contributed by atoms with van der Waals surface area (Å²) in [6.45, 7) is 4.85. The van der Waals surface area contributed by atoms with Crippen molar-refractivity contribution in [3.63, 3.8) is 0 Å². The highest BCUT2D eigenvalue weighted by atomic mass is 16.5. The molecule has 3 rings (SSSR count). The fraction of sp³-hybridized carbons (Fsp3) is 0.611. The molecule has 1 atom stereocenters. The van der Waals surface area contributed by atoms with Crippen LogP contribution in [0.3, 0.4) is 0 Å². The van der Waals surface area contributed by atoms with Crippen LogP contribution in [0.25, 0.3) is 0 Å². The molecule has 132 valence electrons. The number of ether oxygens (including phenoxy) is 3. The van der Waals surface area contributed by atoms with E-state index in [4.69, 9.17) is 19.9 Å². The van der Waals surface area contributed by atoms with Gasteiger partial charge in [0.1, 0.15) is 11.9 Å². The maximum atomic E-state index is 12.5. The molecule has 0 bridgehead atoms. The summed E-state index contributed by atoms with van der Waals surface area (Å²) in [6, 6.07) is 6.02. The number of rotatable bonds is 5. The lowest BCUT2D eigenvalue weighted by Crippen LogP contribution is -2.56. The second-order valence-corrected chi connectivity index (χ2v) is 6.67. The number of amides is 1. The van der Waals surface area contributed by atoms with Gasteiger partial charge in [-0.05, 0) is 31.4 Å². The van der Waals surface area contributed by atoms with Crippen LogP contribution in [0.5, 0.6) is 5.75 Å². The van der Waals surface area contributed by atoms with Gasteiger partial charge in [0.25, 0.3) is 0 Å². The molecule has 6 nitrogen and oxygen atoms in total. The van der Waals surface area contributed by atoms with E-state index < -0.39 is 5.54 Å². The Labute approximate surface area is 142 Å². The van der Waals surface area contributed by atoms with Gasteiger partial charge >= 0.3 is 0 Å². The first-order chi connectivity index (χ1) is 11.6. The van der Waals surface area contributed by atoms with E-state index in [2.05, 4.69) is 5.32 Å². The predicted octanol–water partition coefficient (Wildman–Crippen LogP) is 1.29. The Bertz CT molecular complexity index is 578. The zero-order valence-corrected chi connectivity index (χ0v) is 14.2. The van der Waals surface area contributed by atoms with Crippen LogP contribution in [0.4, 0.5) is 0 Å². The highest BCUT2D eigenvalue weighted by molar-refractivity contribution is 5.86. The van der Waals surface area contributed by atoms with Crippen molar-refractivity contribution in [3.8, 4) is 5.75 Å². The summed E-state index contributed by atoms with van der Waals surface area (Å²) < 4.78 is 16.7. The summed E-state index contributed by atoms with van der Waals surface area (Å²) in [7, 11) is 0. The van der Waals surface area contributed by atoms with Crippen LogP contribution in [0.1, 0.15) is 30.4 Å². The third-order valence-corrected chi connectivity index (χ3v) is 4.68. The lowest BCUT2D eigenvalue weighted by molar-refractivity contribution is -0.129. The largest absolute Gasteiger partial charge is 0.488 e. The molecule has 2 heterocycles. The van der Waals surface area contributed by atoms with Gasteiger partial charge in [-0.3, -0.25) is 4.79 Å². The SMILES string of the molecule is Cc1ccc(CNC(=O)C2(N)CCOCC2)c(OC2CCOC2)c1. The molecule has 0 radical (unpaired) electrons. The van der Waals surface area contributed by atoms with Crippen LogP contribution in [0.15, 0.2) is 18.2 Å². The topological polar surface area (TPSA) is 82.8 Å². The second-order valence-electron chi connectivity index (χ2n) is 6.67. The van der Waals surface area contributed by atoms with Gasteiger partial charge in [0, 0.05) is 31.7 Å². The molecule has 3 N–H and O–H groups in total. The van der Waals surface area contributed by atoms with Crippen molar-refractivity contribution < 1.29 is 19.0 Å². The summed E-state index contributed by atoms with van der Waals surface area (Å²) in [5.74, 6) is 0.686. The molecule has 2 aliphatic rings. The number of carbonyl (C=O) groups excluding carboxylic acids is 1. The van der Waals surface area contributed by atoms with E-state index in [0.29, 0.717) is 39.2 Å². The Hall–Kier alpha value is -1.63. The van der Waals surface area contributed by atoms with Crippen LogP contribution in [0.2, 0.25) is 0 Å². The molecule has 24 heavy (non-hydrogen) atoms. The lowest BCUT2D eigenvalue weighted by Gasteiger charge is -2.31. The maximum absolute atomic E-state index is 12.5. The zero-order chi connectivity index (χ0) is 17.0. The van der Waals surface area contributed by atoms with E-state index in [1.807, 2.05) is 25.1 Å². The summed E-state index contributed by atoms with van der Waals surface area (Å²) in [5, 5.41) is 2.96. The molecule has 2 saturated heterocycles. The highest BCUT2D eigenvalue weighted by Crippen LogP contribution is 2.24. The number of benzene rings is 1. The minimum Gasteiger partial charge on any atom is -0.488 e. The van der Waals surface area contributed by atoms with Crippen molar-refractivity contribution in [3.05, 3.63) is 29.3 Å². The second kappa shape index (κ2) is 7.51. The lowest BCUT2D eigenvalue weighted by atomic mass is 9.90. The molecule has 1 aromatic carbocycles. The predicted molar refractivity (Wildman–Crippen MR) is 89.8 cm³/mol. The molecule has 0 saturated carbocycles. The fourth-order valence-electron chi connectivity index (χ4n) is 3.02. The van der Waals surface area contributed by atoms with Crippen molar-refractivity contribution in [1.82, 2.24) is 5.32 Å². The van der Waals surface area contributed by atoms with Crippen molar-refractivity contribution in [2.24, 2.45) is 5.73 Å². The molecule has 0 spiro atoms. The Morgan fingerprint density at radius 3 is 2.83 bits per heavy atom. The number of nitrogens with two attached hydrogens (primary N) is 1. The van der Waals surface area contributed by atoms with Crippen LogP contribution in [-0.4, -0.2) is 44.0 Å². The number of hydrogen-bond acceptors (Lipinski definition) is 5. The third-order valence-electron chi connectivity index (χ3n) is 4.68. The van der Waals surface area contributed by atoms with Crippen molar-refractivity contribution in [1.29, 1.82) is 0 Å². The fourth-order valence-corrected chi connectivity index (χ4v) is 3.02. The van der Waals surface area contributed by atoms with Crippen LogP contribution >= 0.6 is 0 Å². The number of hydrogen-bond donors (Lipinski definition) is 2.